The van der Waals surface area contributed by atoms with E-state index in [9.17, 15) is 0 Å². The molecule has 2 rings (SSSR count). The van der Waals surface area contributed by atoms with Gasteiger partial charge in [0.15, 0.2) is 0 Å². The van der Waals surface area contributed by atoms with E-state index < -0.39 is 0 Å². The second-order valence-electron chi connectivity index (χ2n) is 4.52. The van der Waals surface area contributed by atoms with Gasteiger partial charge in [0.1, 0.15) is 11.5 Å². The summed E-state index contributed by atoms with van der Waals surface area (Å²) in [5.74, 6) is 2.09. The van der Waals surface area contributed by atoms with E-state index in [0.717, 1.165) is 22.7 Å². The summed E-state index contributed by atoms with van der Waals surface area (Å²) in [7, 11) is 1.60. The zero-order valence-corrected chi connectivity index (χ0v) is 11.5. The van der Waals surface area contributed by atoms with E-state index in [1.54, 1.807) is 7.11 Å². The second kappa shape index (κ2) is 6.19. The van der Waals surface area contributed by atoms with Crippen LogP contribution in [-0.4, -0.2) is 13.4 Å². The Morgan fingerprint density at radius 2 is 1.84 bits per heavy atom. The average molecular weight is 254 g/mol. The maximum atomic E-state index is 5.50. The molecule has 0 aromatic carbocycles. The lowest BCUT2D eigenvalue weighted by atomic mass is 9.97. The Balaban J connectivity index is 2.32. The fourth-order valence-corrected chi connectivity index (χ4v) is 2.11. The third kappa shape index (κ3) is 3.68. The van der Waals surface area contributed by atoms with Crippen molar-refractivity contribution >= 4 is 6.29 Å². The second-order valence-corrected chi connectivity index (χ2v) is 4.52. The van der Waals surface area contributed by atoms with Gasteiger partial charge >= 0.3 is 0 Å². The Morgan fingerprint density at radius 3 is 2.42 bits per heavy atom. The van der Waals surface area contributed by atoms with E-state index in [2.05, 4.69) is 36.7 Å². The predicted molar refractivity (Wildman–Crippen MR) is 78.2 cm³/mol. The molecule has 0 N–H and O–H groups in total. The lowest BCUT2D eigenvalue weighted by molar-refractivity contribution is 0.186. The molecule has 2 aliphatic rings. The van der Waals surface area contributed by atoms with Gasteiger partial charge < -0.3 is 9.16 Å². The van der Waals surface area contributed by atoms with E-state index in [1.165, 1.54) is 0 Å². The van der Waals surface area contributed by atoms with Crippen molar-refractivity contribution in [1.29, 1.82) is 0 Å². The summed E-state index contributed by atoms with van der Waals surface area (Å²) >= 11 is 0. The van der Waals surface area contributed by atoms with Gasteiger partial charge in [0.2, 0.25) is 13.4 Å². The molecule has 0 atom stereocenters. The van der Waals surface area contributed by atoms with Gasteiger partial charge in [0, 0.05) is 0 Å². The summed E-state index contributed by atoms with van der Waals surface area (Å²) in [6.45, 7) is 3.91. The highest BCUT2D eigenvalue weighted by Gasteiger charge is 2.06. The van der Waals surface area contributed by atoms with E-state index in [0.29, 0.717) is 0 Å². The number of ether oxygens (including phenoxy) is 1. The normalized spacial score (nSPS) is 19.7. The monoisotopic (exact) mass is 254 g/mol. The fourth-order valence-electron chi connectivity index (χ4n) is 2.11. The van der Waals surface area contributed by atoms with Crippen molar-refractivity contribution < 1.29 is 9.16 Å². The van der Waals surface area contributed by atoms with Gasteiger partial charge in [0.05, 0.1) is 0 Å². The number of rotatable bonds is 3. The summed E-state index contributed by atoms with van der Waals surface area (Å²) in [4.78, 5) is 0. The molecule has 0 spiro atoms. The molecule has 1 heterocycles. The summed E-state index contributed by atoms with van der Waals surface area (Å²) in [6, 6.07) is 0. The first-order valence-electron chi connectivity index (χ1n) is 6.29. The van der Waals surface area contributed by atoms with Crippen molar-refractivity contribution in [1.82, 2.24) is 0 Å². The van der Waals surface area contributed by atoms with E-state index in [1.807, 2.05) is 32.1 Å². The first-order valence-corrected chi connectivity index (χ1v) is 6.29. The topological polar surface area (TPSA) is 20.5 Å². The quantitative estimate of drug-likeness (QED) is 0.427. The van der Waals surface area contributed by atoms with Crippen LogP contribution in [0.3, 0.4) is 0 Å². The van der Waals surface area contributed by atoms with Crippen molar-refractivity contribution in [3.05, 3.63) is 71.3 Å². The van der Waals surface area contributed by atoms with Crippen molar-refractivity contribution in [3.63, 3.8) is 0 Å². The van der Waals surface area contributed by atoms with Gasteiger partial charge in [-0.15, -0.1) is 12.2 Å². The van der Waals surface area contributed by atoms with E-state index >= 15 is 0 Å². The minimum absolute atomic E-state index is 0.278. The van der Waals surface area contributed by atoms with Crippen LogP contribution in [0.15, 0.2) is 71.3 Å². The van der Waals surface area contributed by atoms with Crippen molar-refractivity contribution in [3.8, 4) is 0 Å². The van der Waals surface area contributed by atoms with Crippen LogP contribution in [0.5, 0.6) is 0 Å². The van der Waals surface area contributed by atoms with Crippen molar-refractivity contribution in [2.45, 2.75) is 13.8 Å². The SMILES string of the molecule is C[O+]=[C-]/C=C(/C=C1C=C(C)OC(C)=C1)C1C=CC=C1. The largest absolute Gasteiger partial charge is 0.467 e. The molecule has 0 aromatic rings. The molecular weight excluding hydrogens is 236 g/mol. The molecule has 0 bridgehead atoms. The molecule has 0 fully saturated rings. The molecule has 0 unspecified atom stereocenters. The van der Waals surface area contributed by atoms with E-state index in [-0.39, 0.29) is 5.92 Å². The number of allylic oxidation sites excluding steroid dienone is 12. The molecule has 98 valence electrons. The minimum Gasteiger partial charge on any atom is -0.467 e. The molecule has 0 radical (unpaired) electrons. The van der Waals surface area contributed by atoms with Gasteiger partial charge in [-0.2, -0.15) is 5.57 Å². The molecule has 2 heteroatoms. The maximum absolute atomic E-state index is 5.50. The first-order chi connectivity index (χ1) is 9.19. The van der Waals surface area contributed by atoms with Gasteiger partial charge in [-0.3, -0.25) is 0 Å². The molecule has 0 saturated carbocycles. The van der Waals surface area contributed by atoms with Crippen LogP contribution in [0.1, 0.15) is 13.8 Å². The Kier molecular flexibility index (Phi) is 4.35. The molecule has 0 saturated heterocycles. The van der Waals surface area contributed by atoms with Gasteiger partial charge in [-0.25, -0.2) is 0 Å². The van der Waals surface area contributed by atoms with Crippen LogP contribution >= 0.6 is 0 Å². The lowest BCUT2D eigenvalue weighted by Gasteiger charge is -2.17. The highest BCUT2D eigenvalue weighted by atomic mass is 16.5. The third-order valence-electron chi connectivity index (χ3n) is 2.87. The van der Waals surface area contributed by atoms with Crippen molar-refractivity contribution in [2.24, 2.45) is 5.92 Å². The number of carbonyl (C=O) groups excluding carboxylic acids is 1. The van der Waals surface area contributed by atoms with Crippen molar-refractivity contribution in [2.75, 3.05) is 7.11 Å². The van der Waals surface area contributed by atoms with Crippen LogP contribution in [-0.2, 0) is 9.16 Å². The summed E-state index contributed by atoms with van der Waals surface area (Å²) in [5.41, 5.74) is 2.26. The molecule has 2 nitrogen and oxygen atoms in total. The summed E-state index contributed by atoms with van der Waals surface area (Å²) < 4.78 is 10.4. The van der Waals surface area contributed by atoms with Crippen LogP contribution in [0.2, 0.25) is 0 Å². The average Bonchev–Trinajstić information content (AvgIpc) is 2.87. The highest BCUT2D eigenvalue weighted by molar-refractivity contribution is 5.70. The lowest BCUT2D eigenvalue weighted by Crippen LogP contribution is -1.98. The molecular formula is C17H18O2. The molecule has 19 heavy (non-hydrogen) atoms. The van der Waals surface area contributed by atoms with Crippen LogP contribution in [0.25, 0.3) is 0 Å². The Labute approximate surface area is 114 Å². The van der Waals surface area contributed by atoms with Gasteiger partial charge in [-0.05, 0) is 37.5 Å². The molecule has 1 aliphatic carbocycles. The molecule has 0 aromatic heterocycles. The molecule has 0 amide bonds. The zero-order chi connectivity index (χ0) is 13.7. The van der Waals surface area contributed by atoms with Crippen LogP contribution in [0.4, 0.5) is 0 Å². The minimum atomic E-state index is 0.278. The smallest absolute Gasteiger partial charge is 0.229 e. The summed E-state index contributed by atoms with van der Waals surface area (Å²) in [6.07, 6.45) is 19.2. The third-order valence-corrected chi connectivity index (χ3v) is 2.87. The zero-order valence-electron chi connectivity index (χ0n) is 11.5. The summed E-state index contributed by atoms with van der Waals surface area (Å²) in [5, 5.41) is 0. The number of hydrogen-bond donors (Lipinski definition) is 0. The number of hydrogen-bond acceptors (Lipinski definition) is 1. The van der Waals surface area contributed by atoms with Gasteiger partial charge in [-0.1, -0.05) is 24.3 Å². The predicted octanol–water partition coefficient (Wildman–Crippen LogP) is 3.69. The Bertz CT molecular complexity index is 520. The molecule has 1 aliphatic heterocycles. The standard InChI is InChI=1S/C17H18O2/c1-13-10-15(11-14(2)19-13)12-17(8-9-18-3)16-6-4-5-7-16/h4-8,10-12,16H,1-3H3/b17-8-. The highest BCUT2D eigenvalue weighted by Crippen LogP contribution is 2.25. The Morgan fingerprint density at radius 1 is 1.21 bits per heavy atom. The van der Waals surface area contributed by atoms with E-state index in [4.69, 9.17) is 9.16 Å². The van der Waals surface area contributed by atoms with Crippen LogP contribution in [0, 0.1) is 5.92 Å². The van der Waals surface area contributed by atoms with Crippen LogP contribution < -0.4 is 0 Å². The Hall–Kier alpha value is -2.09. The fraction of sp³-hybridized carbons (Fsp3) is 0.235. The first kappa shape index (κ1) is 13.3. The maximum Gasteiger partial charge on any atom is 0.229 e. The van der Waals surface area contributed by atoms with Gasteiger partial charge in [0.25, 0.3) is 0 Å².